The fourth-order valence-corrected chi connectivity index (χ4v) is 4.11. The molecular weight excluding hydrogens is 448 g/mol. The molecule has 0 radical (unpaired) electrons. The van der Waals surface area contributed by atoms with Crippen molar-refractivity contribution in [3.8, 4) is 0 Å². The highest BCUT2D eigenvalue weighted by molar-refractivity contribution is 7.80. The highest BCUT2D eigenvalue weighted by Crippen LogP contribution is 2.20. The van der Waals surface area contributed by atoms with Gasteiger partial charge in [0.25, 0.3) is 11.6 Å². The van der Waals surface area contributed by atoms with Gasteiger partial charge < -0.3 is 5.32 Å². The van der Waals surface area contributed by atoms with Gasteiger partial charge in [0.2, 0.25) is 0 Å². The van der Waals surface area contributed by atoms with E-state index in [1.54, 1.807) is 18.2 Å². The molecule has 170 valence electrons. The van der Waals surface area contributed by atoms with Crippen LogP contribution in [-0.2, 0) is 17.6 Å². The van der Waals surface area contributed by atoms with Gasteiger partial charge in [-0.15, -0.1) is 12.6 Å². The number of non-ortho nitro benzene ring substituents is 1. The Labute approximate surface area is 202 Å². The average molecular weight is 471 g/mol. The molecule has 0 aliphatic heterocycles. The zero-order chi connectivity index (χ0) is 24.1. The third kappa shape index (κ3) is 5.32. The van der Waals surface area contributed by atoms with Gasteiger partial charge in [-0.2, -0.15) is 0 Å². The zero-order valence-electron chi connectivity index (χ0n) is 18.2. The van der Waals surface area contributed by atoms with Crippen LogP contribution in [0.1, 0.15) is 21.5 Å². The summed E-state index contributed by atoms with van der Waals surface area (Å²) in [6.07, 6.45) is 0.315. The third-order valence-corrected chi connectivity index (χ3v) is 6.11. The van der Waals surface area contributed by atoms with E-state index in [1.807, 2.05) is 60.7 Å². The van der Waals surface area contributed by atoms with Crippen LogP contribution in [0.2, 0.25) is 0 Å². The minimum absolute atomic E-state index is 0.0320. The van der Waals surface area contributed by atoms with E-state index in [0.717, 1.165) is 16.3 Å². The van der Waals surface area contributed by atoms with Crippen LogP contribution in [-0.4, -0.2) is 22.7 Å². The van der Waals surface area contributed by atoms with Gasteiger partial charge in [-0.1, -0.05) is 66.7 Å². The summed E-state index contributed by atoms with van der Waals surface area (Å²) in [5.41, 5.74) is 1.93. The zero-order valence-corrected chi connectivity index (χ0v) is 19.1. The van der Waals surface area contributed by atoms with Crippen LogP contribution in [0.3, 0.4) is 0 Å². The Bertz CT molecular complexity index is 1360. The fraction of sp³-hybridized carbons (Fsp3) is 0.111. The van der Waals surface area contributed by atoms with E-state index < -0.39 is 11.0 Å². The predicted octanol–water partition coefficient (Wildman–Crippen LogP) is 5.19. The molecule has 0 aliphatic rings. The maximum Gasteiger partial charge on any atom is 0.269 e. The normalized spacial score (nSPS) is 11.7. The Morgan fingerprint density at radius 3 is 2.29 bits per heavy atom. The van der Waals surface area contributed by atoms with E-state index in [9.17, 15) is 19.7 Å². The molecule has 34 heavy (non-hydrogen) atoms. The van der Waals surface area contributed by atoms with Gasteiger partial charge in [-0.3, -0.25) is 19.7 Å². The quantitative estimate of drug-likeness (QED) is 0.211. The van der Waals surface area contributed by atoms with E-state index in [1.165, 1.54) is 12.1 Å². The van der Waals surface area contributed by atoms with Crippen molar-refractivity contribution in [3.63, 3.8) is 0 Å². The number of carbonyl (C=O) groups excluding carboxylic acids is 2. The van der Waals surface area contributed by atoms with Crippen LogP contribution in [0, 0.1) is 10.1 Å². The number of hydrogen-bond acceptors (Lipinski definition) is 5. The van der Waals surface area contributed by atoms with Gasteiger partial charge in [-0.25, -0.2) is 0 Å². The number of rotatable bonds is 8. The van der Waals surface area contributed by atoms with Gasteiger partial charge >= 0.3 is 0 Å². The lowest BCUT2D eigenvalue weighted by Crippen LogP contribution is -2.43. The molecule has 1 atom stereocenters. The first-order chi connectivity index (χ1) is 16.4. The summed E-state index contributed by atoms with van der Waals surface area (Å²) < 4.78 is 0. The molecule has 0 unspecified atom stereocenters. The van der Waals surface area contributed by atoms with Gasteiger partial charge in [0.1, 0.15) is 0 Å². The van der Waals surface area contributed by atoms with Gasteiger partial charge in [0.15, 0.2) is 5.78 Å². The number of hydrogen-bond donors (Lipinski definition) is 2. The molecule has 7 heteroatoms. The molecule has 0 fully saturated rings. The Morgan fingerprint density at radius 2 is 1.56 bits per heavy atom. The van der Waals surface area contributed by atoms with Crippen LogP contribution in [0.5, 0.6) is 0 Å². The molecule has 0 saturated carbocycles. The highest BCUT2D eigenvalue weighted by atomic mass is 32.1. The van der Waals surface area contributed by atoms with E-state index >= 15 is 0 Å². The number of thiol groups is 1. The third-order valence-electron chi connectivity index (χ3n) is 5.67. The van der Waals surface area contributed by atoms with Crippen molar-refractivity contribution >= 4 is 40.8 Å². The number of ketones is 1. The molecule has 0 spiro atoms. The number of benzene rings is 4. The topological polar surface area (TPSA) is 89.3 Å². The summed E-state index contributed by atoms with van der Waals surface area (Å²) in [4.78, 5) is 37.8. The van der Waals surface area contributed by atoms with Crippen molar-refractivity contribution in [2.75, 3.05) is 0 Å². The monoisotopic (exact) mass is 470 g/mol. The second-order valence-corrected chi connectivity index (χ2v) is 8.43. The van der Waals surface area contributed by atoms with Crippen LogP contribution in [0.15, 0.2) is 95.9 Å². The Balaban J connectivity index is 1.62. The first-order valence-electron chi connectivity index (χ1n) is 10.7. The summed E-state index contributed by atoms with van der Waals surface area (Å²) in [5.74, 6) is -0.523. The molecule has 1 amide bonds. The maximum atomic E-state index is 13.3. The standard InChI is InChI=1S/C27H22N2O4S/c30-25(17-20-7-2-4-11-26(20)34)24(16-18-12-14-21(15-13-18)29(32)33)28-27(31)23-10-5-8-19-6-1-3-9-22(19)23/h1-15,24,34H,16-17H2,(H,28,31)/t24-/m0/s1. The lowest BCUT2D eigenvalue weighted by molar-refractivity contribution is -0.384. The van der Waals surface area contributed by atoms with Gasteiger partial charge in [-0.05, 0) is 40.5 Å². The number of nitro groups is 1. The van der Waals surface area contributed by atoms with Crippen LogP contribution >= 0.6 is 12.6 Å². The number of carbonyl (C=O) groups is 2. The largest absolute Gasteiger partial charge is 0.342 e. The Hall–Kier alpha value is -3.97. The summed E-state index contributed by atoms with van der Waals surface area (Å²) in [6.45, 7) is 0. The van der Waals surface area contributed by atoms with Crippen molar-refractivity contribution in [1.29, 1.82) is 0 Å². The lowest BCUT2D eigenvalue weighted by Gasteiger charge is -2.19. The van der Waals surface area contributed by atoms with Crippen molar-refractivity contribution in [3.05, 3.63) is 118 Å². The number of amides is 1. The lowest BCUT2D eigenvalue weighted by atomic mass is 9.96. The SMILES string of the molecule is O=C(N[C@@H](Cc1ccc([N+](=O)[O-])cc1)C(=O)Cc1ccccc1S)c1cccc2ccccc12. The molecule has 0 heterocycles. The van der Waals surface area contributed by atoms with Crippen molar-refractivity contribution in [2.45, 2.75) is 23.8 Å². The summed E-state index contributed by atoms with van der Waals surface area (Å²) >= 11 is 4.43. The number of Topliss-reactive ketones (excluding diaryl/α,β-unsaturated/α-hetero) is 1. The summed E-state index contributed by atoms with van der Waals surface area (Å²) in [5, 5.41) is 15.6. The molecular formula is C27H22N2O4S. The van der Waals surface area contributed by atoms with E-state index in [2.05, 4.69) is 17.9 Å². The van der Waals surface area contributed by atoms with Crippen LogP contribution in [0.25, 0.3) is 10.8 Å². The average Bonchev–Trinajstić information content (AvgIpc) is 2.85. The Kier molecular flexibility index (Phi) is 7.04. The van der Waals surface area contributed by atoms with Crippen LogP contribution in [0.4, 0.5) is 5.69 Å². The van der Waals surface area contributed by atoms with Gasteiger partial charge in [0, 0.05) is 29.0 Å². The molecule has 4 aromatic carbocycles. The van der Waals surface area contributed by atoms with Gasteiger partial charge in [0.05, 0.1) is 11.0 Å². The molecule has 4 rings (SSSR count). The number of nitro benzene ring substituents is 1. The number of nitrogens with zero attached hydrogens (tertiary/aromatic N) is 1. The molecule has 0 aliphatic carbocycles. The van der Waals surface area contributed by atoms with Crippen molar-refractivity contribution < 1.29 is 14.5 Å². The second kappa shape index (κ2) is 10.3. The molecule has 0 aromatic heterocycles. The smallest absolute Gasteiger partial charge is 0.269 e. The molecule has 6 nitrogen and oxygen atoms in total. The minimum atomic E-state index is -0.819. The minimum Gasteiger partial charge on any atom is -0.342 e. The van der Waals surface area contributed by atoms with E-state index in [0.29, 0.717) is 16.0 Å². The Morgan fingerprint density at radius 1 is 0.882 bits per heavy atom. The molecule has 0 saturated heterocycles. The number of nitrogens with one attached hydrogen (secondary N) is 1. The first kappa shape index (κ1) is 23.2. The molecule has 0 bridgehead atoms. The van der Waals surface area contributed by atoms with E-state index in [-0.39, 0.29) is 30.2 Å². The van der Waals surface area contributed by atoms with Crippen LogP contribution < -0.4 is 5.32 Å². The molecule has 4 aromatic rings. The van der Waals surface area contributed by atoms with E-state index in [4.69, 9.17) is 0 Å². The number of fused-ring (bicyclic) bond motifs is 1. The summed E-state index contributed by atoms with van der Waals surface area (Å²) in [6, 6.07) is 25.5. The highest BCUT2D eigenvalue weighted by Gasteiger charge is 2.24. The predicted molar refractivity (Wildman–Crippen MR) is 134 cm³/mol. The fourth-order valence-electron chi connectivity index (χ4n) is 3.87. The van der Waals surface area contributed by atoms with Crippen molar-refractivity contribution in [1.82, 2.24) is 5.32 Å². The summed E-state index contributed by atoms with van der Waals surface area (Å²) in [7, 11) is 0. The molecule has 1 N–H and O–H groups in total. The first-order valence-corrected chi connectivity index (χ1v) is 11.2. The van der Waals surface area contributed by atoms with Crippen molar-refractivity contribution in [2.24, 2.45) is 0 Å². The second-order valence-electron chi connectivity index (χ2n) is 7.95. The maximum absolute atomic E-state index is 13.3.